The lowest BCUT2D eigenvalue weighted by Crippen LogP contribution is -2.45. The molecule has 1 aromatic heterocycles. The lowest BCUT2D eigenvalue weighted by Gasteiger charge is -2.34. The molecule has 0 spiro atoms. The lowest BCUT2D eigenvalue weighted by molar-refractivity contribution is -0.155. The summed E-state index contributed by atoms with van der Waals surface area (Å²) in [5.41, 5.74) is 1.64. The van der Waals surface area contributed by atoms with Crippen LogP contribution in [0.2, 0.25) is 0 Å². The average molecular weight is 482 g/mol. The molecule has 0 amide bonds. The van der Waals surface area contributed by atoms with Crippen LogP contribution < -0.4 is 0 Å². The summed E-state index contributed by atoms with van der Waals surface area (Å²) in [5, 5.41) is 22.7. The molecular formula is C29H39NO5. The minimum absolute atomic E-state index is 0.0505. The Kier molecular flexibility index (Phi) is 8.84. The SMILES string of the molecule is CC1=CCC(c2ccc3cccnc3c2)OC(=O)C[C@H](O)C(C)(C)C(=O)[C@H](C)[C@@H](O)[C@@H](C)CCC1. The van der Waals surface area contributed by atoms with Crippen LogP contribution in [-0.2, 0) is 14.3 Å². The molecule has 2 heterocycles. The number of carbonyl (C=O) groups is 2. The second kappa shape index (κ2) is 11.4. The Morgan fingerprint density at radius 3 is 2.60 bits per heavy atom. The summed E-state index contributed by atoms with van der Waals surface area (Å²) < 4.78 is 5.87. The van der Waals surface area contributed by atoms with E-state index < -0.39 is 35.6 Å². The number of esters is 1. The maximum atomic E-state index is 13.2. The van der Waals surface area contributed by atoms with E-state index in [9.17, 15) is 19.8 Å². The van der Waals surface area contributed by atoms with Crippen molar-refractivity contribution in [3.63, 3.8) is 0 Å². The molecule has 1 aromatic carbocycles. The number of ether oxygens (including phenoxy) is 1. The molecule has 0 radical (unpaired) electrons. The zero-order valence-electron chi connectivity index (χ0n) is 21.5. The number of nitrogens with zero attached hydrogens (tertiary/aromatic N) is 1. The zero-order chi connectivity index (χ0) is 25.8. The fourth-order valence-electron chi connectivity index (χ4n) is 4.84. The highest BCUT2D eigenvalue weighted by molar-refractivity contribution is 5.88. The fourth-order valence-corrected chi connectivity index (χ4v) is 4.84. The van der Waals surface area contributed by atoms with Gasteiger partial charge >= 0.3 is 5.97 Å². The Balaban J connectivity index is 1.91. The van der Waals surface area contributed by atoms with Gasteiger partial charge in [0.25, 0.3) is 0 Å². The molecule has 2 N–H and O–H groups in total. The van der Waals surface area contributed by atoms with E-state index in [1.54, 1.807) is 27.0 Å². The molecule has 3 rings (SSSR count). The predicted molar refractivity (Wildman–Crippen MR) is 137 cm³/mol. The van der Waals surface area contributed by atoms with Gasteiger partial charge in [-0.05, 0) is 49.8 Å². The molecule has 0 bridgehead atoms. The van der Waals surface area contributed by atoms with E-state index >= 15 is 0 Å². The van der Waals surface area contributed by atoms with Crippen LogP contribution in [0.25, 0.3) is 10.9 Å². The van der Waals surface area contributed by atoms with Gasteiger partial charge in [-0.15, -0.1) is 0 Å². The summed E-state index contributed by atoms with van der Waals surface area (Å²) >= 11 is 0. The Morgan fingerprint density at radius 1 is 1.11 bits per heavy atom. The normalized spacial score (nSPS) is 29.5. The molecule has 35 heavy (non-hydrogen) atoms. The molecule has 1 aliphatic heterocycles. The van der Waals surface area contributed by atoms with Crippen LogP contribution in [0.3, 0.4) is 0 Å². The number of hydrogen-bond donors (Lipinski definition) is 2. The number of aliphatic hydroxyl groups excluding tert-OH is 2. The number of allylic oxidation sites excluding steroid dienone is 1. The molecule has 0 aliphatic carbocycles. The van der Waals surface area contributed by atoms with Gasteiger partial charge in [0.05, 0.1) is 29.6 Å². The molecule has 0 saturated carbocycles. The average Bonchev–Trinajstić information content (AvgIpc) is 2.84. The highest BCUT2D eigenvalue weighted by Crippen LogP contribution is 2.33. The second-order valence-electron chi connectivity index (χ2n) is 10.7. The molecule has 1 aliphatic rings. The molecule has 5 atom stereocenters. The minimum atomic E-state index is -1.23. The van der Waals surface area contributed by atoms with Crippen molar-refractivity contribution >= 4 is 22.7 Å². The van der Waals surface area contributed by atoms with Crippen LogP contribution in [0.15, 0.2) is 48.2 Å². The first kappa shape index (κ1) is 27.0. The summed E-state index contributed by atoms with van der Waals surface area (Å²) in [4.78, 5) is 30.6. The van der Waals surface area contributed by atoms with Crippen molar-refractivity contribution in [2.24, 2.45) is 17.3 Å². The molecule has 0 saturated heterocycles. The lowest BCUT2D eigenvalue weighted by atomic mass is 9.73. The molecule has 6 heteroatoms. The summed E-state index contributed by atoms with van der Waals surface area (Å²) in [6.45, 7) is 8.98. The van der Waals surface area contributed by atoms with Crippen molar-refractivity contribution < 1.29 is 24.5 Å². The number of pyridine rings is 1. The Bertz CT molecular complexity index is 1080. The van der Waals surface area contributed by atoms with Crippen LogP contribution in [0, 0.1) is 17.3 Å². The number of benzene rings is 1. The smallest absolute Gasteiger partial charge is 0.309 e. The molecular weight excluding hydrogens is 442 g/mol. The van der Waals surface area contributed by atoms with Crippen LogP contribution in [0.5, 0.6) is 0 Å². The fraction of sp³-hybridized carbons (Fsp3) is 0.552. The third kappa shape index (κ3) is 6.56. The van der Waals surface area contributed by atoms with Crippen molar-refractivity contribution in [2.75, 3.05) is 0 Å². The molecule has 1 unspecified atom stereocenters. The number of cyclic esters (lactones) is 1. The van der Waals surface area contributed by atoms with Crippen LogP contribution >= 0.6 is 0 Å². The number of Topliss-reactive ketones (excluding diaryl/α,β-unsaturated/α-hetero) is 1. The van der Waals surface area contributed by atoms with Gasteiger partial charge in [-0.3, -0.25) is 14.6 Å². The molecule has 190 valence electrons. The van der Waals surface area contributed by atoms with Gasteiger partial charge in [0.1, 0.15) is 11.9 Å². The number of ketones is 1. The van der Waals surface area contributed by atoms with E-state index in [4.69, 9.17) is 4.74 Å². The van der Waals surface area contributed by atoms with E-state index in [1.807, 2.05) is 37.3 Å². The Morgan fingerprint density at radius 2 is 1.86 bits per heavy atom. The predicted octanol–water partition coefficient (Wildman–Crippen LogP) is 5.32. The van der Waals surface area contributed by atoms with Crippen LogP contribution in [0.1, 0.15) is 78.4 Å². The van der Waals surface area contributed by atoms with Crippen molar-refractivity contribution in [1.82, 2.24) is 4.98 Å². The highest BCUT2D eigenvalue weighted by Gasteiger charge is 2.42. The number of aliphatic hydroxyl groups is 2. The first-order chi connectivity index (χ1) is 16.5. The van der Waals surface area contributed by atoms with E-state index in [1.165, 1.54) is 5.57 Å². The van der Waals surface area contributed by atoms with E-state index in [2.05, 4.69) is 18.0 Å². The number of carbonyl (C=O) groups excluding carboxylic acids is 2. The Hall–Kier alpha value is -2.57. The van der Waals surface area contributed by atoms with Gasteiger partial charge in [0.15, 0.2) is 0 Å². The van der Waals surface area contributed by atoms with Crippen molar-refractivity contribution in [3.05, 3.63) is 53.7 Å². The summed E-state index contributed by atoms with van der Waals surface area (Å²) in [6, 6.07) is 9.70. The standard InChI is InChI=1S/C29H39NO5/c1-18-8-6-9-19(2)27(33)20(3)28(34)29(4,5)25(31)17-26(32)35-24(14-11-18)22-13-12-21-10-7-15-30-23(21)16-22/h7,10-13,15-16,19-20,24-25,27,31,33H,6,8-9,14,17H2,1-5H3/t19-,20+,24?,25-,27-/m0/s1. The molecule has 6 nitrogen and oxygen atoms in total. The number of fused-ring (bicyclic) bond motifs is 1. The van der Waals surface area contributed by atoms with Gasteiger partial charge in [-0.2, -0.15) is 0 Å². The third-order valence-electron chi connectivity index (χ3n) is 7.52. The Labute approximate surface area is 208 Å². The topological polar surface area (TPSA) is 96.7 Å². The summed E-state index contributed by atoms with van der Waals surface area (Å²) in [7, 11) is 0. The maximum absolute atomic E-state index is 13.2. The zero-order valence-corrected chi connectivity index (χ0v) is 21.5. The minimum Gasteiger partial charge on any atom is -0.457 e. The van der Waals surface area contributed by atoms with Gasteiger partial charge in [-0.25, -0.2) is 0 Å². The first-order valence-electron chi connectivity index (χ1n) is 12.6. The third-order valence-corrected chi connectivity index (χ3v) is 7.52. The monoisotopic (exact) mass is 481 g/mol. The van der Waals surface area contributed by atoms with Crippen molar-refractivity contribution in [1.29, 1.82) is 0 Å². The van der Waals surface area contributed by atoms with Crippen LogP contribution in [0.4, 0.5) is 0 Å². The van der Waals surface area contributed by atoms with Crippen molar-refractivity contribution in [2.45, 2.75) is 85.0 Å². The van der Waals surface area contributed by atoms with Gasteiger partial charge in [0, 0.05) is 23.9 Å². The van der Waals surface area contributed by atoms with E-state index in [0.29, 0.717) is 6.42 Å². The van der Waals surface area contributed by atoms with Gasteiger partial charge in [-0.1, -0.05) is 57.5 Å². The van der Waals surface area contributed by atoms with Gasteiger partial charge in [0.2, 0.25) is 0 Å². The van der Waals surface area contributed by atoms with Crippen molar-refractivity contribution in [3.8, 4) is 0 Å². The number of aromatic nitrogens is 1. The van der Waals surface area contributed by atoms with E-state index in [0.717, 1.165) is 35.7 Å². The number of rotatable bonds is 1. The van der Waals surface area contributed by atoms with Gasteiger partial charge < -0.3 is 14.9 Å². The van der Waals surface area contributed by atoms with E-state index in [-0.39, 0.29) is 18.1 Å². The summed E-state index contributed by atoms with van der Waals surface area (Å²) in [6.07, 6.45) is 4.02. The quantitative estimate of drug-likeness (QED) is 0.423. The second-order valence-corrected chi connectivity index (χ2v) is 10.7. The van der Waals surface area contributed by atoms with Crippen LogP contribution in [-0.4, -0.2) is 39.2 Å². The largest absolute Gasteiger partial charge is 0.457 e. The highest BCUT2D eigenvalue weighted by atomic mass is 16.5. The number of hydrogen-bond acceptors (Lipinski definition) is 6. The first-order valence-corrected chi connectivity index (χ1v) is 12.6. The molecule has 0 fully saturated rings. The maximum Gasteiger partial charge on any atom is 0.309 e. The molecule has 2 aromatic rings. The summed E-state index contributed by atoms with van der Waals surface area (Å²) in [5.74, 6) is -1.51.